The normalized spacial score (nSPS) is 11.0. The maximum Gasteiger partial charge on any atom is 0.135 e. The Morgan fingerprint density at radius 3 is 2.26 bits per heavy atom. The highest BCUT2D eigenvalue weighted by Gasteiger charge is 2.06. The first-order chi connectivity index (χ1) is 11.2. The third-order valence-corrected chi connectivity index (χ3v) is 4.30. The van der Waals surface area contributed by atoms with Crippen molar-refractivity contribution in [3.05, 3.63) is 83.9 Å². The van der Waals surface area contributed by atoms with Gasteiger partial charge in [0, 0.05) is 5.39 Å². The van der Waals surface area contributed by atoms with Gasteiger partial charge in [0.2, 0.25) is 0 Å². The Morgan fingerprint density at radius 2 is 1.39 bits per heavy atom. The van der Waals surface area contributed by atoms with Crippen molar-refractivity contribution in [2.45, 2.75) is 13.8 Å². The maximum absolute atomic E-state index is 6.18. The molecule has 0 fully saturated rings. The van der Waals surface area contributed by atoms with Crippen molar-refractivity contribution in [2.24, 2.45) is 0 Å². The first-order valence-corrected chi connectivity index (χ1v) is 7.87. The topological polar surface area (TPSA) is 9.23 Å². The van der Waals surface area contributed by atoms with E-state index in [9.17, 15) is 0 Å². The Hall–Kier alpha value is -2.80. The van der Waals surface area contributed by atoms with Gasteiger partial charge in [-0.1, -0.05) is 60.2 Å². The lowest BCUT2D eigenvalue weighted by Crippen LogP contribution is -1.88. The molecular weight excluding hydrogens is 280 g/mol. The van der Waals surface area contributed by atoms with Gasteiger partial charge in [-0.25, -0.2) is 0 Å². The molecule has 0 aliphatic carbocycles. The van der Waals surface area contributed by atoms with Crippen molar-refractivity contribution in [2.75, 3.05) is 0 Å². The quantitative estimate of drug-likeness (QED) is 0.416. The van der Waals surface area contributed by atoms with Crippen LogP contribution in [0.4, 0.5) is 0 Å². The van der Waals surface area contributed by atoms with Crippen molar-refractivity contribution < 1.29 is 4.74 Å². The molecule has 0 amide bonds. The molecule has 0 saturated carbocycles. The van der Waals surface area contributed by atoms with Crippen molar-refractivity contribution in [3.63, 3.8) is 0 Å². The Bertz CT molecular complexity index is 1010. The van der Waals surface area contributed by atoms with Crippen molar-refractivity contribution in [1.29, 1.82) is 0 Å². The van der Waals surface area contributed by atoms with E-state index < -0.39 is 0 Å². The zero-order chi connectivity index (χ0) is 15.8. The standard InChI is InChI=1S/C22H18O/c1-15-7-9-18-14-19(11-10-17(18)13-15)23-22-12-8-16(2)20-5-3-4-6-21(20)22/h3-14H,1-2H3. The maximum atomic E-state index is 6.18. The van der Waals surface area contributed by atoms with Gasteiger partial charge >= 0.3 is 0 Å². The summed E-state index contributed by atoms with van der Waals surface area (Å²) in [5, 5.41) is 4.83. The Morgan fingerprint density at radius 1 is 0.652 bits per heavy atom. The minimum Gasteiger partial charge on any atom is -0.457 e. The van der Waals surface area contributed by atoms with E-state index in [0.29, 0.717) is 0 Å². The number of ether oxygens (including phenoxy) is 1. The first kappa shape index (κ1) is 13.8. The van der Waals surface area contributed by atoms with Gasteiger partial charge < -0.3 is 4.74 Å². The Kier molecular flexibility index (Phi) is 3.27. The number of hydrogen-bond donors (Lipinski definition) is 0. The van der Waals surface area contributed by atoms with Crippen LogP contribution in [0.15, 0.2) is 72.8 Å². The van der Waals surface area contributed by atoms with Crippen molar-refractivity contribution >= 4 is 21.5 Å². The number of fused-ring (bicyclic) bond motifs is 2. The van der Waals surface area contributed by atoms with Gasteiger partial charge in [-0.2, -0.15) is 0 Å². The van der Waals surface area contributed by atoms with Crippen LogP contribution in [0.25, 0.3) is 21.5 Å². The monoisotopic (exact) mass is 298 g/mol. The van der Waals surface area contributed by atoms with Crippen LogP contribution in [0.2, 0.25) is 0 Å². The molecule has 0 unspecified atom stereocenters. The van der Waals surface area contributed by atoms with Gasteiger partial charge in [-0.3, -0.25) is 0 Å². The lowest BCUT2D eigenvalue weighted by atomic mass is 10.0. The van der Waals surface area contributed by atoms with Crippen molar-refractivity contribution in [1.82, 2.24) is 0 Å². The Balaban J connectivity index is 1.79. The summed E-state index contributed by atoms with van der Waals surface area (Å²) < 4.78 is 6.18. The molecule has 0 spiro atoms. The first-order valence-electron chi connectivity index (χ1n) is 7.87. The number of aryl methyl sites for hydroxylation is 2. The second kappa shape index (κ2) is 5.44. The predicted octanol–water partition coefficient (Wildman–Crippen LogP) is 6.40. The summed E-state index contributed by atoms with van der Waals surface area (Å²) in [4.78, 5) is 0. The summed E-state index contributed by atoms with van der Waals surface area (Å²) >= 11 is 0. The summed E-state index contributed by atoms with van der Waals surface area (Å²) in [6.45, 7) is 4.24. The van der Waals surface area contributed by atoms with Gasteiger partial charge in [0.15, 0.2) is 0 Å². The minimum absolute atomic E-state index is 0.871. The lowest BCUT2D eigenvalue weighted by Gasteiger charge is -2.11. The second-order valence-corrected chi connectivity index (χ2v) is 6.04. The highest BCUT2D eigenvalue weighted by atomic mass is 16.5. The minimum atomic E-state index is 0.871. The molecule has 112 valence electrons. The van der Waals surface area contributed by atoms with Gasteiger partial charge in [-0.05, 0) is 53.8 Å². The summed E-state index contributed by atoms with van der Waals surface area (Å²) in [6, 6.07) is 25.3. The third kappa shape index (κ3) is 2.55. The molecule has 1 heteroatoms. The van der Waals surface area contributed by atoms with Crippen LogP contribution in [-0.4, -0.2) is 0 Å². The fourth-order valence-corrected chi connectivity index (χ4v) is 3.04. The van der Waals surface area contributed by atoms with E-state index >= 15 is 0 Å². The molecule has 4 aromatic carbocycles. The van der Waals surface area contributed by atoms with E-state index in [-0.39, 0.29) is 0 Å². The van der Waals surface area contributed by atoms with Crippen LogP contribution in [0.3, 0.4) is 0 Å². The van der Waals surface area contributed by atoms with Crippen LogP contribution in [0.1, 0.15) is 11.1 Å². The summed E-state index contributed by atoms with van der Waals surface area (Å²) in [6.07, 6.45) is 0. The molecule has 1 nitrogen and oxygen atoms in total. The van der Waals surface area contributed by atoms with E-state index in [2.05, 4.69) is 80.6 Å². The largest absolute Gasteiger partial charge is 0.457 e. The molecule has 0 saturated heterocycles. The molecule has 0 aliphatic rings. The zero-order valence-corrected chi connectivity index (χ0v) is 13.3. The van der Waals surface area contributed by atoms with Crippen molar-refractivity contribution in [3.8, 4) is 11.5 Å². The van der Waals surface area contributed by atoms with Gasteiger partial charge in [0.1, 0.15) is 11.5 Å². The molecule has 0 heterocycles. The Labute approximate surface area is 136 Å². The molecule has 23 heavy (non-hydrogen) atoms. The lowest BCUT2D eigenvalue weighted by molar-refractivity contribution is 0.489. The number of hydrogen-bond acceptors (Lipinski definition) is 1. The average molecular weight is 298 g/mol. The van der Waals surface area contributed by atoms with Gasteiger partial charge in [-0.15, -0.1) is 0 Å². The summed E-state index contributed by atoms with van der Waals surface area (Å²) in [5.74, 6) is 1.77. The number of benzene rings is 4. The summed E-state index contributed by atoms with van der Waals surface area (Å²) in [7, 11) is 0. The van der Waals surface area contributed by atoms with E-state index in [1.807, 2.05) is 6.07 Å². The number of rotatable bonds is 2. The highest BCUT2D eigenvalue weighted by molar-refractivity contribution is 5.91. The van der Waals surface area contributed by atoms with Crippen LogP contribution in [-0.2, 0) is 0 Å². The molecule has 0 radical (unpaired) electrons. The second-order valence-electron chi connectivity index (χ2n) is 6.04. The SMILES string of the molecule is Cc1ccc2cc(Oc3ccc(C)c4ccccc34)ccc2c1. The van der Waals surface area contributed by atoms with E-state index in [1.165, 1.54) is 27.3 Å². The summed E-state index contributed by atoms with van der Waals surface area (Å²) in [5.41, 5.74) is 2.54. The van der Waals surface area contributed by atoms with Crippen LogP contribution >= 0.6 is 0 Å². The molecular formula is C22H18O. The fourth-order valence-electron chi connectivity index (χ4n) is 3.04. The average Bonchev–Trinajstić information content (AvgIpc) is 2.58. The van der Waals surface area contributed by atoms with Gasteiger partial charge in [0.05, 0.1) is 0 Å². The smallest absolute Gasteiger partial charge is 0.135 e. The molecule has 0 aliphatic heterocycles. The molecule has 4 rings (SSSR count). The highest BCUT2D eigenvalue weighted by Crippen LogP contribution is 2.33. The third-order valence-electron chi connectivity index (χ3n) is 4.30. The molecule has 0 aromatic heterocycles. The zero-order valence-electron chi connectivity index (χ0n) is 13.3. The fraction of sp³-hybridized carbons (Fsp3) is 0.0909. The van der Waals surface area contributed by atoms with E-state index in [0.717, 1.165) is 16.9 Å². The molecule has 0 N–H and O–H groups in total. The molecule has 4 aromatic rings. The molecule has 0 atom stereocenters. The predicted molar refractivity (Wildman–Crippen MR) is 97.4 cm³/mol. The van der Waals surface area contributed by atoms with Crippen LogP contribution < -0.4 is 4.74 Å². The van der Waals surface area contributed by atoms with Crippen LogP contribution in [0, 0.1) is 13.8 Å². The van der Waals surface area contributed by atoms with Crippen LogP contribution in [0.5, 0.6) is 11.5 Å². The van der Waals surface area contributed by atoms with E-state index in [4.69, 9.17) is 4.74 Å². The van der Waals surface area contributed by atoms with Gasteiger partial charge in [0.25, 0.3) is 0 Å². The van der Waals surface area contributed by atoms with E-state index in [1.54, 1.807) is 0 Å². The molecule has 0 bridgehead atoms.